The number of aliphatic hydroxyl groups excluding tert-OH is 1. The number of rotatable bonds is 4. The molecule has 0 saturated heterocycles. The number of β-amino-alcohol motifs (C(OH)–C–C–N with tert-alkyl or cyclic N) is 1. The smallest absolute Gasteiger partial charge is 0.0791 e. The first-order chi connectivity index (χ1) is 8.29. The lowest BCUT2D eigenvalue weighted by Gasteiger charge is -2.23. The number of nitrogens with one attached hydrogen (secondary N) is 1. The monoisotopic (exact) mass is 234 g/mol. The fourth-order valence-electron chi connectivity index (χ4n) is 2.52. The quantitative estimate of drug-likeness (QED) is 0.816. The zero-order chi connectivity index (χ0) is 12.1. The molecule has 0 aromatic heterocycles. The maximum Gasteiger partial charge on any atom is 0.0791 e. The number of fused-ring (bicyclic) bond motifs is 1. The molecule has 1 unspecified atom stereocenters. The second-order valence-corrected chi connectivity index (χ2v) is 4.82. The average molecular weight is 234 g/mol. The maximum atomic E-state index is 9.84. The molecule has 0 saturated carbocycles. The van der Waals surface area contributed by atoms with E-state index in [0.717, 1.165) is 26.1 Å². The molecule has 0 aliphatic carbocycles. The van der Waals surface area contributed by atoms with Gasteiger partial charge >= 0.3 is 0 Å². The Morgan fingerprint density at radius 3 is 2.88 bits per heavy atom. The topological polar surface area (TPSA) is 35.5 Å². The van der Waals surface area contributed by atoms with Crippen LogP contribution in [0.25, 0.3) is 0 Å². The van der Waals surface area contributed by atoms with Gasteiger partial charge in [-0.25, -0.2) is 0 Å². The van der Waals surface area contributed by atoms with Crippen LogP contribution in [0.2, 0.25) is 0 Å². The van der Waals surface area contributed by atoms with E-state index in [-0.39, 0.29) is 6.10 Å². The fraction of sp³-hybridized carbons (Fsp3) is 0.571. The average Bonchev–Trinajstić information content (AvgIpc) is 2.50. The van der Waals surface area contributed by atoms with Crippen molar-refractivity contribution in [2.45, 2.75) is 25.5 Å². The van der Waals surface area contributed by atoms with Crippen LogP contribution in [0.15, 0.2) is 24.3 Å². The number of benzene rings is 1. The van der Waals surface area contributed by atoms with Crippen LogP contribution >= 0.6 is 0 Å². The van der Waals surface area contributed by atoms with Gasteiger partial charge in [0.25, 0.3) is 0 Å². The minimum atomic E-state index is -0.273. The van der Waals surface area contributed by atoms with Crippen molar-refractivity contribution in [2.75, 3.05) is 26.7 Å². The molecule has 3 nitrogen and oxygen atoms in total. The largest absolute Gasteiger partial charge is 0.390 e. The van der Waals surface area contributed by atoms with Crippen molar-refractivity contribution >= 4 is 0 Å². The SMILES string of the molecule is CNCC(O)CN1CCCc2ccccc2C1. The highest BCUT2D eigenvalue weighted by Crippen LogP contribution is 2.18. The molecule has 1 aromatic rings. The predicted octanol–water partition coefficient (Wildman–Crippen LogP) is 1.02. The van der Waals surface area contributed by atoms with Crippen LogP contribution in [0.4, 0.5) is 0 Å². The van der Waals surface area contributed by atoms with Crippen molar-refractivity contribution in [1.29, 1.82) is 0 Å². The van der Waals surface area contributed by atoms with Gasteiger partial charge in [0, 0.05) is 19.6 Å². The Morgan fingerprint density at radius 2 is 2.12 bits per heavy atom. The van der Waals surface area contributed by atoms with Crippen molar-refractivity contribution < 1.29 is 5.11 Å². The van der Waals surface area contributed by atoms with Crippen molar-refractivity contribution in [1.82, 2.24) is 10.2 Å². The Bertz CT molecular complexity index is 354. The van der Waals surface area contributed by atoms with Crippen LogP contribution < -0.4 is 5.32 Å². The molecule has 2 N–H and O–H groups in total. The van der Waals surface area contributed by atoms with Crippen LogP contribution in [0.1, 0.15) is 17.5 Å². The maximum absolute atomic E-state index is 9.84. The second kappa shape index (κ2) is 6.15. The van der Waals surface area contributed by atoms with Gasteiger partial charge in [0.2, 0.25) is 0 Å². The molecular weight excluding hydrogens is 212 g/mol. The van der Waals surface area contributed by atoms with E-state index in [1.807, 2.05) is 7.05 Å². The third kappa shape index (κ3) is 3.53. The Balaban J connectivity index is 1.98. The van der Waals surface area contributed by atoms with Crippen LogP contribution in [-0.2, 0) is 13.0 Å². The summed E-state index contributed by atoms with van der Waals surface area (Å²) in [5.74, 6) is 0. The van der Waals surface area contributed by atoms with Crippen molar-refractivity contribution in [3.8, 4) is 0 Å². The number of aryl methyl sites for hydroxylation is 1. The van der Waals surface area contributed by atoms with E-state index in [2.05, 4.69) is 34.5 Å². The highest BCUT2D eigenvalue weighted by Gasteiger charge is 2.16. The summed E-state index contributed by atoms with van der Waals surface area (Å²) in [6.45, 7) is 3.47. The molecule has 3 heteroatoms. The molecule has 0 radical (unpaired) electrons. The molecule has 1 aliphatic rings. The Hall–Kier alpha value is -0.900. The molecule has 1 aromatic carbocycles. The second-order valence-electron chi connectivity index (χ2n) is 4.82. The van der Waals surface area contributed by atoms with E-state index in [1.165, 1.54) is 17.5 Å². The minimum absolute atomic E-state index is 0.273. The summed E-state index contributed by atoms with van der Waals surface area (Å²) in [7, 11) is 1.88. The zero-order valence-electron chi connectivity index (χ0n) is 10.5. The molecule has 2 rings (SSSR count). The van der Waals surface area contributed by atoms with Gasteiger partial charge in [-0.15, -0.1) is 0 Å². The van der Waals surface area contributed by atoms with E-state index in [4.69, 9.17) is 0 Å². The normalized spacial score (nSPS) is 18.5. The molecule has 17 heavy (non-hydrogen) atoms. The molecule has 0 amide bonds. The molecule has 1 heterocycles. The molecule has 0 fully saturated rings. The van der Waals surface area contributed by atoms with Gasteiger partial charge in [-0.2, -0.15) is 0 Å². The molecule has 0 bridgehead atoms. The van der Waals surface area contributed by atoms with Crippen LogP contribution in [-0.4, -0.2) is 42.8 Å². The Kier molecular flexibility index (Phi) is 4.54. The number of likely N-dealkylation sites (N-methyl/N-ethyl adjacent to an activating group) is 1. The first-order valence-electron chi connectivity index (χ1n) is 6.41. The van der Waals surface area contributed by atoms with Gasteiger partial charge < -0.3 is 10.4 Å². The zero-order valence-corrected chi connectivity index (χ0v) is 10.5. The highest BCUT2D eigenvalue weighted by molar-refractivity contribution is 5.27. The first kappa shape index (κ1) is 12.6. The van der Waals surface area contributed by atoms with Crippen LogP contribution in [0, 0.1) is 0 Å². The first-order valence-corrected chi connectivity index (χ1v) is 6.41. The molecule has 1 aliphatic heterocycles. The summed E-state index contributed by atoms with van der Waals surface area (Å²) in [4.78, 5) is 2.36. The van der Waals surface area contributed by atoms with Crippen molar-refractivity contribution in [2.24, 2.45) is 0 Å². The standard InChI is InChI=1S/C14H22N2O/c1-15-9-14(17)11-16-8-4-7-12-5-2-3-6-13(12)10-16/h2-3,5-6,14-15,17H,4,7-11H2,1H3. The van der Waals surface area contributed by atoms with E-state index < -0.39 is 0 Å². The number of nitrogens with zero attached hydrogens (tertiary/aromatic N) is 1. The minimum Gasteiger partial charge on any atom is -0.390 e. The summed E-state index contributed by atoms with van der Waals surface area (Å²) < 4.78 is 0. The van der Waals surface area contributed by atoms with Crippen LogP contribution in [0.3, 0.4) is 0 Å². The number of hydrogen-bond donors (Lipinski definition) is 2. The van der Waals surface area contributed by atoms with Gasteiger partial charge in [-0.1, -0.05) is 24.3 Å². The van der Waals surface area contributed by atoms with E-state index in [9.17, 15) is 5.11 Å². The van der Waals surface area contributed by atoms with Crippen molar-refractivity contribution in [3.63, 3.8) is 0 Å². The Labute approximate surface area is 103 Å². The van der Waals surface area contributed by atoms with Gasteiger partial charge in [0.1, 0.15) is 0 Å². The van der Waals surface area contributed by atoms with E-state index in [0.29, 0.717) is 6.54 Å². The van der Waals surface area contributed by atoms with Gasteiger partial charge in [0.15, 0.2) is 0 Å². The number of hydrogen-bond acceptors (Lipinski definition) is 3. The van der Waals surface area contributed by atoms with E-state index >= 15 is 0 Å². The number of aliphatic hydroxyl groups is 1. The van der Waals surface area contributed by atoms with E-state index in [1.54, 1.807) is 0 Å². The lowest BCUT2D eigenvalue weighted by molar-refractivity contribution is 0.110. The third-order valence-corrected chi connectivity index (χ3v) is 3.34. The third-order valence-electron chi connectivity index (χ3n) is 3.34. The highest BCUT2D eigenvalue weighted by atomic mass is 16.3. The lowest BCUT2D eigenvalue weighted by atomic mass is 10.0. The summed E-state index contributed by atoms with van der Waals surface area (Å²) in [5, 5.41) is 12.9. The predicted molar refractivity (Wildman–Crippen MR) is 70.0 cm³/mol. The summed E-state index contributed by atoms with van der Waals surface area (Å²) in [6, 6.07) is 8.65. The molecule has 94 valence electrons. The summed E-state index contributed by atoms with van der Waals surface area (Å²) in [5.41, 5.74) is 2.89. The van der Waals surface area contributed by atoms with Gasteiger partial charge in [-0.3, -0.25) is 4.90 Å². The lowest BCUT2D eigenvalue weighted by Crippen LogP contribution is -2.37. The Morgan fingerprint density at radius 1 is 1.35 bits per heavy atom. The fourth-order valence-corrected chi connectivity index (χ4v) is 2.52. The van der Waals surface area contributed by atoms with Crippen molar-refractivity contribution in [3.05, 3.63) is 35.4 Å². The summed E-state index contributed by atoms with van der Waals surface area (Å²) >= 11 is 0. The summed E-state index contributed by atoms with van der Waals surface area (Å²) in [6.07, 6.45) is 2.07. The van der Waals surface area contributed by atoms with Gasteiger partial charge in [0.05, 0.1) is 6.10 Å². The van der Waals surface area contributed by atoms with Gasteiger partial charge in [-0.05, 0) is 37.6 Å². The molecule has 1 atom stereocenters. The van der Waals surface area contributed by atoms with Crippen LogP contribution in [0.5, 0.6) is 0 Å². The molecular formula is C14H22N2O. The molecule has 0 spiro atoms.